The third-order valence-corrected chi connectivity index (χ3v) is 5.16. The minimum atomic E-state index is -0.829. The smallest absolute Gasteiger partial charge is 0.317 e. The molecule has 0 saturated carbocycles. The third kappa shape index (κ3) is 2.94. The molecule has 2 heterocycles. The molecule has 1 spiro atoms. The molecule has 0 aliphatic carbocycles. The fourth-order valence-corrected chi connectivity index (χ4v) is 3.86. The van der Waals surface area contributed by atoms with Crippen LogP contribution in [-0.2, 0) is 19.1 Å². The van der Waals surface area contributed by atoms with Crippen molar-refractivity contribution in [3.05, 3.63) is 0 Å². The van der Waals surface area contributed by atoms with Gasteiger partial charge in [-0.3, -0.25) is 9.59 Å². The second-order valence-electron chi connectivity index (χ2n) is 6.21. The Hall–Kier alpha value is -1.83. The Morgan fingerprint density at radius 1 is 1.29 bits per heavy atom. The van der Waals surface area contributed by atoms with E-state index in [4.69, 9.17) is 9.47 Å². The van der Waals surface area contributed by atoms with Crippen LogP contribution in [0.4, 0.5) is 4.79 Å². The minimum Gasteiger partial charge on any atom is -0.466 e. The fourth-order valence-electron chi connectivity index (χ4n) is 3.86. The molecule has 2 fully saturated rings. The summed E-state index contributed by atoms with van der Waals surface area (Å²) in [6, 6.07) is -0.115. The number of carbonyl (C=O) groups is 3. The Balaban J connectivity index is 2.24. The number of ether oxygens (including phenoxy) is 2. The van der Waals surface area contributed by atoms with Crippen LogP contribution < -0.4 is 5.32 Å². The molecule has 2 aliphatic rings. The molecule has 8 nitrogen and oxygen atoms in total. The van der Waals surface area contributed by atoms with Crippen molar-refractivity contribution in [2.45, 2.75) is 38.3 Å². The Morgan fingerprint density at radius 2 is 1.92 bits per heavy atom. The Bertz CT molecular complexity index is 502. The van der Waals surface area contributed by atoms with Gasteiger partial charge in [0.25, 0.3) is 5.91 Å². The number of esters is 1. The average molecular weight is 341 g/mol. The summed E-state index contributed by atoms with van der Waals surface area (Å²) in [5.41, 5.74) is -0.660. The van der Waals surface area contributed by atoms with Gasteiger partial charge >= 0.3 is 12.0 Å². The van der Waals surface area contributed by atoms with E-state index in [1.807, 2.05) is 6.92 Å². The van der Waals surface area contributed by atoms with Gasteiger partial charge in [-0.1, -0.05) is 0 Å². The fraction of sp³-hybridized carbons (Fsp3) is 0.812. The van der Waals surface area contributed by atoms with Gasteiger partial charge < -0.3 is 24.6 Å². The number of likely N-dealkylation sites (tertiary alicyclic amines) is 2. The van der Waals surface area contributed by atoms with Crippen molar-refractivity contribution in [1.29, 1.82) is 0 Å². The van der Waals surface area contributed by atoms with Crippen LogP contribution in [-0.4, -0.2) is 79.7 Å². The summed E-state index contributed by atoms with van der Waals surface area (Å²) in [6.45, 7) is 5.39. The van der Waals surface area contributed by atoms with E-state index in [1.54, 1.807) is 23.8 Å². The van der Waals surface area contributed by atoms with Crippen molar-refractivity contribution in [2.24, 2.45) is 5.92 Å². The standard InChI is InChI=1S/C16H27N3O5/c1-5-17-15(22)19-9-7-16(8-10-19)11(14(21)24-6-2)12(23-4)13(20)18(16)3/h11-12H,5-10H2,1-4H3,(H,17,22)/t11-,12+/m0/s1. The molecule has 0 aromatic rings. The summed E-state index contributed by atoms with van der Waals surface area (Å²) in [6.07, 6.45) is 0.218. The maximum absolute atomic E-state index is 12.5. The molecular formula is C16H27N3O5. The van der Waals surface area contributed by atoms with Gasteiger partial charge in [-0.05, 0) is 26.7 Å². The maximum atomic E-state index is 12.5. The predicted octanol–water partition coefficient (Wildman–Crippen LogP) is 0.217. The first-order valence-corrected chi connectivity index (χ1v) is 8.42. The molecule has 0 aromatic carbocycles. The first kappa shape index (κ1) is 18.5. The lowest BCUT2D eigenvalue weighted by Crippen LogP contribution is -2.58. The quantitative estimate of drug-likeness (QED) is 0.739. The highest BCUT2D eigenvalue weighted by atomic mass is 16.5. The highest BCUT2D eigenvalue weighted by Gasteiger charge is 2.61. The van der Waals surface area contributed by atoms with Crippen LogP contribution in [0, 0.1) is 5.92 Å². The van der Waals surface area contributed by atoms with E-state index in [9.17, 15) is 14.4 Å². The van der Waals surface area contributed by atoms with Gasteiger partial charge in [0.05, 0.1) is 12.1 Å². The minimum absolute atomic E-state index is 0.115. The molecule has 1 N–H and O–H groups in total. The van der Waals surface area contributed by atoms with Crippen molar-refractivity contribution >= 4 is 17.9 Å². The monoisotopic (exact) mass is 341 g/mol. The van der Waals surface area contributed by atoms with Crippen molar-refractivity contribution in [3.63, 3.8) is 0 Å². The van der Waals surface area contributed by atoms with Crippen LogP contribution in [0.25, 0.3) is 0 Å². The van der Waals surface area contributed by atoms with Crippen LogP contribution in [0.3, 0.4) is 0 Å². The number of amides is 3. The molecule has 8 heteroatoms. The lowest BCUT2D eigenvalue weighted by Gasteiger charge is -2.45. The summed E-state index contributed by atoms with van der Waals surface area (Å²) in [7, 11) is 3.14. The Labute approximate surface area is 142 Å². The second-order valence-corrected chi connectivity index (χ2v) is 6.21. The molecule has 0 aromatic heterocycles. The first-order valence-electron chi connectivity index (χ1n) is 8.42. The first-order chi connectivity index (χ1) is 11.4. The number of hydrogen-bond donors (Lipinski definition) is 1. The number of likely N-dealkylation sites (N-methyl/N-ethyl adjacent to an activating group) is 1. The topological polar surface area (TPSA) is 88.2 Å². The van der Waals surface area contributed by atoms with E-state index in [1.165, 1.54) is 7.11 Å². The predicted molar refractivity (Wildman–Crippen MR) is 86.3 cm³/mol. The molecule has 2 rings (SSSR count). The molecule has 2 saturated heterocycles. The van der Waals surface area contributed by atoms with E-state index < -0.39 is 23.5 Å². The van der Waals surface area contributed by atoms with E-state index in [-0.39, 0.29) is 18.5 Å². The summed E-state index contributed by atoms with van der Waals surface area (Å²) >= 11 is 0. The third-order valence-electron chi connectivity index (χ3n) is 5.16. The molecule has 3 amide bonds. The molecule has 136 valence electrons. The van der Waals surface area contributed by atoms with Crippen LogP contribution in [0.15, 0.2) is 0 Å². The van der Waals surface area contributed by atoms with Gasteiger partial charge in [0.15, 0.2) is 6.10 Å². The number of piperidine rings is 1. The normalized spacial score (nSPS) is 25.9. The van der Waals surface area contributed by atoms with Gasteiger partial charge in [0.1, 0.15) is 5.92 Å². The van der Waals surface area contributed by atoms with Crippen LogP contribution >= 0.6 is 0 Å². The number of rotatable bonds is 4. The lowest BCUT2D eigenvalue weighted by molar-refractivity contribution is -0.157. The number of urea groups is 1. The molecular weight excluding hydrogens is 314 g/mol. The van der Waals surface area contributed by atoms with Crippen molar-refractivity contribution in [2.75, 3.05) is 40.4 Å². The van der Waals surface area contributed by atoms with Crippen LogP contribution in [0.5, 0.6) is 0 Å². The second kappa shape index (κ2) is 7.38. The van der Waals surface area contributed by atoms with Crippen molar-refractivity contribution in [3.8, 4) is 0 Å². The van der Waals surface area contributed by atoms with Gasteiger partial charge in [0.2, 0.25) is 0 Å². The van der Waals surface area contributed by atoms with E-state index in [0.717, 1.165) is 0 Å². The van der Waals surface area contributed by atoms with Gasteiger partial charge in [-0.15, -0.1) is 0 Å². The summed E-state index contributed by atoms with van der Waals surface area (Å²) < 4.78 is 10.5. The summed E-state index contributed by atoms with van der Waals surface area (Å²) in [4.78, 5) is 40.4. The van der Waals surface area contributed by atoms with Gasteiger partial charge in [-0.2, -0.15) is 0 Å². The largest absolute Gasteiger partial charge is 0.466 e. The van der Waals surface area contributed by atoms with E-state index in [2.05, 4.69) is 5.32 Å². The number of carbonyl (C=O) groups excluding carboxylic acids is 3. The van der Waals surface area contributed by atoms with Gasteiger partial charge in [0, 0.05) is 33.8 Å². The number of hydrogen-bond acceptors (Lipinski definition) is 5. The SMILES string of the molecule is CCNC(=O)N1CCC2(CC1)[C@H](C(=O)OCC)[C@@H](OC)C(=O)N2C. The number of nitrogens with one attached hydrogen (secondary N) is 1. The molecule has 2 aliphatic heterocycles. The number of nitrogens with zero attached hydrogens (tertiary/aromatic N) is 2. The van der Waals surface area contributed by atoms with Crippen molar-refractivity contribution in [1.82, 2.24) is 15.1 Å². The molecule has 0 bridgehead atoms. The molecule has 0 radical (unpaired) electrons. The highest BCUT2D eigenvalue weighted by molar-refractivity contribution is 5.93. The molecule has 2 atom stereocenters. The summed E-state index contributed by atoms with van der Waals surface area (Å²) in [5, 5.41) is 2.78. The zero-order valence-electron chi connectivity index (χ0n) is 14.8. The van der Waals surface area contributed by atoms with E-state index in [0.29, 0.717) is 32.5 Å². The Morgan fingerprint density at radius 3 is 2.42 bits per heavy atom. The van der Waals surface area contributed by atoms with Gasteiger partial charge in [-0.25, -0.2) is 4.79 Å². The maximum Gasteiger partial charge on any atom is 0.317 e. The highest BCUT2D eigenvalue weighted by Crippen LogP contribution is 2.44. The number of methoxy groups -OCH3 is 1. The van der Waals surface area contributed by atoms with Crippen LogP contribution in [0.1, 0.15) is 26.7 Å². The zero-order chi connectivity index (χ0) is 17.9. The molecule has 24 heavy (non-hydrogen) atoms. The zero-order valence-corrected chi connectivity index (χ0v) is 14.8. The molecule has 0 unspecified atom stereocenters. The average Bonchev–Trinajstić information content (AvgIpc) is 2.77. The van der Waals surface area contributed by atoms with E-state index >= 15 is 0 Å². The summed E-state index contributed by atoms with van der Waals surface area (Å²) in [5.74, 6) is -1.29. The van der Waals surface area contributed by atoms with Crippen molar-refractivity contribution < 1.29 is 23.9 Å². The Kier molecular flexibility index (Phi) is 5.69. The lowest BCUT2D eigenvalue weighted by atomic mass is 9.76. The van der Waals surface area contributed by atoms with Crippen LogP contribution in [0.2, 0.25) is 0 Å².